The zero-order chi connectivity index (χ0) is 44.0. The summed E-state index contributed by atoms with van der Waals surface area (Å²) >= 11 is 1.25. The van der Waals surface area contributed by atoms with Gasteiger partial charge in [-0.25, -0.2) is 13.4 Å². The number of nitrogens with one attached hydrogen (secondary N) is 4. The molecule has 7 rings (SSSR count). The number of unbranched alkanes of at least 4 members (excludes halogenated alkanes) is 1. The van der Waals surface area contributed by atoms with Gasteiger partial charge in [0.15, 0.2) is 5.13 Å². The number of hydrogen-bond acceptors (Lipinski definition) is 13. The molecule has 2 atom stereocenters. The zero-order valence-electron chi connectivity index (χ0n) is 33.8. The van der Waals surface area contributed by atoms with Gasteiger partial charge in [0.1, 0.15) is 24.4 Å². The van der Waals surface area contributed by atoms with Crippen LogP contribution in [-0.2, 0) is 29.2 Å². The molecule has 2 aromatic heterocycles. The second-order valence-corrected chi connectivity index (χ2v) is 18.1. The number of amides is 7. The van der Waals surface area contributed by atoms with Crippen LogP contribution in [0.15, 0.2) is 72.4 Å². The quantitative estimate of drug-likeness (QED) is 0.0885. The van der Waals surface area contributed by atoms with Gasteiger partial charge in [-0.1, -0.05) is 30.3 Å². The van der Waals surface area contributed by atoms with Crippen LogP contribution in [0.25, 0.3) is 11.3 Å². The number of imide groups is 2. The van der Waals surface area contributed by atoms with E-state index in [0.29, 0.717) is 75.0 Å². The molecule has 3 aliphatic heterocycles. The highest BCUT2D eigenvalue weighted by Gasteiger charge is 2.44. The third-order valence-electron chi connectivity index (χ3n) is 11.0. The summed E-state index contributed by atoms with van der Waals surface area (Å²) in [7, 11) is -3.61. The third kappa shape index (κ3) is 10.4. The molecule has 0 bridgehead atoms. The standard InChI is InChI=1S/C42H46N8O10S2/c1-62(58,59)49-20-16-28(24-49)37(53)44-32(38(54)47-42-45-33(25-61-42)26-7-3-2-4-8-26)9-5-6-17-43-36(52)27-14-18-48(19-15-27)21-22-60-29-10-11-30-31(23-29)41(57)50(40(30)56)34-12-13-35(51)46-39(34)55/h2-4,7-8,10-11,16,20,23-25,27,32,34H,5-6,9,12-15,17-19,21-22H2,1H3,(H,43,52)(H,44,53)(H,45,47,54)(H,46,51,55)/t32-,34?/m0/s1. The van der Waals surface area contributed by atoms with Gasteiger partial charge in [0.2, 0.25) is 33.7 Å². The van der Waals surface area contributed by atoms with Gasteiger partial charge < -0.3 is 20.7 Å². The molecule has 3 aliphatic rings. The first-order chi connectivity index (χ1) is 29.7. The van der Waals surface area contributed by atoms with Gasteiger partial charge >= 0.3 is 0 Å². The molecule has 0 spiro atoms. The summed E-state index contributed by atoms with van der Waals surface area (Å²) in [5, 5.41) is 12.9. The van der Waals surface area contributed by atoms with E-state index in [4.69, 9.17) is 4.74 Å². The maximum atomic E-state index is 13.5. The van der Waals surface area contributed by atoms with Crippen molar-refractivity contribution in [2.75, 3.05) is 44.4 Å². The largest absolute Gasteiger partial charge is 0.492 e. The first-order valence-electron chi connectivity index (χ1n) is 20.2. The average Bonchev–Trinajstić information content (AvgIpc) is 4.00. The average molecular weight is 887 g/mol. The van der Waals surface area contributed by atoms with Gasteiger partial charge in [-0.15, -0.1) is 11.3 Å². The summed E-state index contributed by atoms with van der Waals surface area (Å²) < 4.78 is 30.7. The number of rotatable bonds is 17. The number of aromatic nitrogens is 2. The molecule has 18 nitrogen and oxygen atoms in total. The van der Waals surface area contributed by atoms with Crippen LogP contribution in [0.3, 0.4) is 0 Å². The van der Waals surface area contributed by atoms with Gasteiger partial charge in [0.25, 0.3) is 17.7 Å². The van der Waals surface area contributed by atoms with Crippen molar-refractivity contribution in [2.45, 2.75) is 57.0 Å². The van der Waals surface area contributed by atoms with Crippen LogP contribution in [0.2, 0.25) is 0 Å². The lowest BCUT2D eigenvalue weighted by Gasteiger charge is -2.31. The van der Waals surface area contributed by atoms with E-state index >= 15 is 0 Å². The lowest BCUT2D eigenvalue weighted by Crippen LogP contribution is -2.54. The fourth-order valence-electron chi connectivity index (χ4n) is 7.57. The van der Waals surface area contributed by atoms with E-state index in [1.807, 2.05) is 35.7 Å². The van der Waals surface area contributed by atoms with Crippen molar-refractivity contribution in [3.8, 4) is 17.0 Å². The van der Waals surface area contributed by atoms with E-state index in [1.54, 1.807) is 6.07 Å². The van der Waals surface area contributed by atoms with Crippen molar-refractivity contribution in [2.24, 2.45) is 5.92 Å². The molecule has 2 aromatic carbocycles. The summed E-state index contributed by atoms with van der Waals surface area (Å²) in [4.78, 5) is 97.3. The van der Waals surface area contributed by atoms with Crippen LogP contribution in [0.4, 0.5) is 5.13 Å². The molecule has 1 unspecified atom stereocenters. The number of thiazole rings is 1. The number of carbonyl (C=O) groups excluding carboxylic acids is 7. The second kappa shape index (κ2) is 19.2. The molecule has 4 N–H and O–H groups in total. The summed E-state index contributed by atoms with van der Waals surface area (Å²) in [6.45, 7) is 2.61. The Morgan fingerprint density at radius 1 is 0.968 bits per heavy atom. The first kappa shape index (κ1) is 43.8. The number of hydrogen-bond donors (Lipinski definition) is 4. The second-order valence-electron chi connectivity index (χ2n) is 15.3. The Balaban J connectivity index is 0.837. The van der Waals surface area contributed by atoms with Gasteiger partial charge in [0, 0.05) is 48.8 Å². The van der Waals surface area contributed by atoms with Crippen LogP contribution in [-0.4, -0.2) is 120 Å². The Bertz CT molecular complexity index is 2480. The molecule has 20 heteroatoms. The number of carbonyl (C=O) groups is 7. The van der Waals surface area contributed by atoms with Gasteiger partial charge in [0.05, 0.1) is 28.6 Å². The van der Waals surface area contributed by atoms with E-state index in [1.165, 1.54) is 41.9 Å². The number of ether oxygens (including phenoxy) is 1. The minimum atomic E-state index is -3.61. The number of nitrogens with zero attached hydrogens (tertiary/aromatic N) is 4. The molecule has 2 fully saturated rings. The van der Waals surface area contributed by atoms with E-state index in [-0.39, 0.29) is 47.8 Å². The molecule has 7 amide bonds. The maximum Gasteiger partial charge on any atom is 0.262 e. The smallest absolute Gasteiger partial charge is 0.262 e. The monoisotopic (exact) mass is 886 g/mol. The molecule has 0 aliphatic carbocycles. The summed E-state index contributed by atoms with van der Waals surface area (Å²) in [6.07, 6.45) is 6.15. The highest BCUT2D eigenvalue weighted by atomic mass is 32.2. The minimum absolute atomic E-state index is 0.0382. The van der Waals surface area contributed by atoms with Crippen molar-refractivity contribution in [3.63, 3.8) is 0 Å². The van der Waals surface area contributed by atoms with E-state index in [0.717, 1.165) is 20.7 Å². The summed E-state index contributed by atoms with van der Waals surface area (Å²) in [5.74, 6) is -3.21. The van der Waals surface area contributed by atoms with Gasteiger partial charge in [-0.2, -0.15) is 0 Å². The van der Waals surface area contributed by atoms with Crippen LogP contribution in [0.5, 0.6) is 5.75 Å². The van der Waals surface area contributed by atoms with E-state index in [2.05, 4.69) is 31.2 Å². The fourth-order valence-corrected chi connectivity index (χ4v) is 8.88. The highest BCUT2D eigenvalue weighted by Crippen LogP contribution is 2.31. The topological polar surface area (TPSA) is 235 Å². The Morgan fingerprint density at radius 3 is 2.45 bits per heavy atom. The van der Waals surface area contributed by atoms with Crippen LogP contribution in [0, 0.1) is 5.92 Å². The molecule has 2 saturated heterocycles. The Morgan fingerprint density at radius 2 is 1.73 bits per heavy atom. The minimum Gasteiger partial charge on any atom is -0.492 e. The summed E-state index contributed by atoms with van der Waals surface area (Å²) in [5.41, 5.74) is 1.98. The number of benzene rings is 2. The Hall–Kier alpha value is -6.25. The number of anilines is 1. The van der Waals surface area contributed by atoms with Crippen molar-refractivity contribution in [1.29, 1.82) is 0 Å². The van der Waals surface area contributed by atoms with Crippen molar-refractivity contribution in [3.05, 3.63) is 89.1 Å². The molecule has 62 heavy (non-hydrogen) atoms. The molecule has 0 radical (unpaired) electrons. The number of likely N-dealkylation sites (tertiary alicyclic amines) is 1. The van der Waals surface area contributed by atoms with Gasteiger partial charge in [-0.3, -0.25) is 52.7 Å². The fraction of sp³-hybridized carbons (Fsp3) is 0.381. The van der Waals surface area contributed by atoms with E-state index < -0.39 is 57.6 Å². The van der Waals surface area contributed by atoms with Crippen LogP contribution < -0.4 is 26.0 Å². The Kier molecular flexibility index (Phi) is 13.6. The molecule has 5 heterocycles. The van der Waals surface area contributed by atoms with Crippen molar-refractivity contribution < 1.29 is 46.7 Å². The first-order valence-corrected chi connectivity index (χ1v) is 23.0. The highest BCUT2D eigenvalue weighted by molar-refractivity contribution is 7.89. The summed E-state index contributed by atoms with van der Waals surface area (Å²) in [6, 6.07) is 13.4. The van der Waals surface area contributed by atoms with Crippen molar-refractivity contribution >= 4 is 67.8 Å². The van der Waals surface area contributed by atoms with Crippen LogP contribution >= 0.6 is 11.3 Å². The predicted molar refractivity (Wildman–Crippen MR) is 227 cm³/mol. The van der Waals surface area contributed by atoms with Gasteiger partial charge in [-0.05, 0) is 75.9 Å². The number of piperidine rings is 2. The molecular formula is C42H46N8O10S2. The lowest BCUT2D eigenvalue weighted by molar-refractivity contribution is -0.136. The zero-order valence-corrected chi connectivity index (χ0v) is 35.5. The molecule has 326 valence electrons. The Labute approximate surface area is 361 Å². The lowest BCUT2D eigenvalue weighted by atomic mass is 9.96. The number of fused-ring (bicyclic) bond motifs is 1. The van der Waals surface area contributed by atoms with Crippen molar-refractivity contribution in [1.82, 2.24) is 34.7 Å². The molecular weight excluding hydrogens is 841 g/mol. The predicted octanol–water partition coefficient (Wildman–Crippen LogP) is 2.64. The molecule has 4 aromatic rings. The maximum absolute atomic E-state index is 13.5. The van der Waals surface area contributed by atoms with E-state index in [9.17, 15) is 42.0 Å². The molecule has 0 saturated carbocycles. The SMILES string of the molecule is CS(=O)(=O)n1ccc(C(=O)N[C@@H](CCCCNC(=O)C2CCN(CCOc3ccc4c(c3)C(=O)N(C3CCC(=O)NC3=O)C4=O)CC2)C(=O)Nc2nc(-c3ccccc3)cs2)c1. The third-order valence-corrected chi connectivity index (χ3v) is 12.8. The van der Waals surface area contributed by atoms with Crippen LogP contribution in [0.1, 0.15) is 76.0 Å². The normalized spacial score (nSPS) is 17.6.